The van der Waals surface area contributed by atoms with E-state index in [1.165, 1.54) is 38.7 Å². The monoisotopic (exact) mass is 402 g/mol. The third kappa shape index (κ3) is 4.45. The zero-order valence-corrected chi connectivity index (χ0v) is 15.6. The van der Waals surface area contributed by atoms with E-state index < -0.39 is 23.8 Å². The highest BCUT2D eigenvalue weighted by Crippen LogP contribution is 2.30. The van der Waals surface area contributed by atoms with E-state index in [1.807, 2.05) is 0 Å². The summed E-state index contributed by atoms with van der Waals surface area (Å²) in [6.07, 6.45) is -0.424. The largest absolute Gasteiger partial charge is 0.399 e. The molecular formula is C20H17F3N4O2. The van der Waals surface area contributed by atoms with E-state index in [0.717, 1.165) is 4.68 Å². The van der Waals surface area contributed by atoms with Crippen LogP contribution in [0.2, 0.25) is 0 Å². The Morgan fingerprint density at radius 1 is 1.28 bits per heavy atom. The van der Waals surface area contributed by atoms with Crippen LogP contribution in [0.5, 0.6) is 0 Å². The summed E-state index contributed by atoms with van der Waals surface area (Å²) in [7, 11) is 2.80. The summed E-state index contributed by atoms with van der Waals surface area (Å²) in [5.41, 5.74) is 0.768. The Kier molecular flexibility index (Phi) is 5.96. The number of hydrogen-bond donors (Lipinski definition) is 1. The topological polar surface area (TPSA) is 68.5 Å². The van der Waals surface area contributed by atoms with Crippen molar-refractivity contribution in [1.29, 1.82) is 0 Å². The Morgan fingerprint density at radius 3 is 2.72 bits per heavy atom. The minimum atomic E-state index is -2.89. The van der Waals surface area contributed by atoms with Crippen molar-refractivity contribution < 1.29 is 22.8 Å². The predicted molar refractivity (Wildman–Crippen MR) is 103 cm³/mol. The van der Waals surface area contributed by atoms with Gasteiger partial charge in [0.15, 0.2) is 0 Å². The van der Waals surface area contributed by atoms with Gasteiger partial charge in [-0.05, 0) is 23.8 Å². The molecule has 0 aliphatic rings. The van der Waals surface area contributed by atoms with E-state index in [1.54, 1.807) is 30.3 Å². The maximum atomic E-state index is 14.3. The number of aryl methyl sites for hydroxylation is 1. The van der Waals surface area contributed by atoms with Crippen molar-refractivity contribution in [1.82, 2.24) is 9.78 Å². The van der Waals surface area contributed by atoms with E-state index >= 15 is 0 Å². The molecule has 1 amide bonds. The number of oxime groups is 1. The maximum absolute atomic E-state index is 14.3. The lowest BCUT2D eigenvalue weighted by molar-refractivity contribution is 0.101. The smallest absolute Gasteiger partial charge is 0.282 e. The molecule has 3 aromatic rings. The number of para-hydroxylation sites is 1. The second kappa shape index (κ2) is 8.59. The van der Waals surface area contributed by atoms with Gasteiger partial charge in [-0.15, -0.1) is 0 Å². The Bertz CT molecular complexity index is 1060. The van der Waals surface area contributed by atoms with Gasteiger partial charge in [-0.2, -0.15) is 5.10 Å². The number of nitrogens with one attached hydrogen (secondary N) is 1. The number of carbonyl (C=O) groups is 1. The average molecular weight is 402 g/mol. The molecule has 0 bridgehead atoms. The third-order valence-corrected chi connectivity index (χ3v) is 4.09. The third-order valence-electron chi connectivity index (χ3n) is 4.09. The van der Waals surface area contributed by atoms with Crippen LogP contribution in [0.3, 0.4) is 0 Å². The lowest BCUT2D eigenvalue weighted by atomic mass is 10.0. The molecule has 0 saturated heterocycles. The summed E-state index contributed by atoms with van der Waals surface area (Å²) in [4.78, 5) is 17.1. The Labute approximate surface area is 164 Å². The fraction of sp³-hybridized carbons (Fsp3) is 0.150. The molecular weight excluding hydrogens is 385 g/mol. The molecule has 3 rings (SSSR count). The molecule has 150 valence electrons. The first-order valence-electron chi connectivity index (χ1n) is 8.49. The second-order valence-corrected chi connectivity index (χ2v) is 6.06. The number of carbonyl (C=O) groups excluding carboxylic acids is 1. The Balaban J connectivity index is 1.93. The lowest BCUT2D eigenvalue weighted by Crippen LogP contribution is -2.14. The maximum Gasteiger partial charge on any atom is 0.282 e. The Morgan fingerprint density at radius 2 is 2.03 bits per heavy atom. The molecule has 1 heterocycles. The number of rotatable bonds is 6. The molecule has 2 aromatic carbocycles. The van der Waals surface area contributed by atoms with Gasteiger partial charge in [0.25, 0.3) is 12.3 Å². The summed E-state index contributed by atoms with van der Waals surface area (Å²) in [6, 6.07) is 11.1. The van der Waals surface area contributed by atoms with Crippen LogP contribution in [0.4, 0.5) is 18.9 Å². The molecule has 0 unspecified atom stereocenters. The molecule has 0 atom stereocenters. The van der Waals surface area contributed by atoms with Crippen LogP contribution in [0.15, 0.2) is 53.8 Å². The summed E-state index contributed by atoms with van der Waals surface area (Å²) >= 11 is 0. The number of benzene rings is 2. The minimum absolute atomic E-state index is 0.227. The molecule has 29 heavy (non-hydrogen) atoms. The average Bonchev–Trinajstić information content (AvgIpc) is 3.10. The fourth-order valence-corrected chi connectivity index (χ4v) is 2.78. The summed E-state index contributed by atoms with van der Waals surface area (Å²) in [5.74, 6) is -1.26. The first kappa shape index (κ1) is 20.1. The molecule has 1 N–H and O–H groups in total. The highest BCUT2D eigenvalue weighted by atomic mass is 19.3. The molecule has 9 heteroatoms. The SMILES string of the molecule is CON=Cc1ccc(-c2ccccc2NC(=O)c2cn(C)nc2C(F)F)cc1F. The van der Waals surface area contributed by atoms with Crippen LogP contribution in [0, 0.1) is 5.82 Å². The first-order chi connectivity index (χ1) is 13.9. The molecule has 0 aliphatic heterocycles. The number of halogens is 3. The molecule has 6 nitrogen and oxygen atoms in total. The zero-order valence-electron chi connectivity index (χ0n) is 15.6. The molecule has 1 aromatic heterocycles. The van der Waals surface area contributed by atoms with E-state index in [-0.39, 0.29) is 11.1 Å². The number of amides is 1. The lowest BCUT2D eigenvalue weighted by Gasteiger charge is -2.12. The van der Waals surface area contributed by atoms with Crippen LogP contribution in [-0.2, 0) is 11.9 Å². The predicted octanol–water partition coefficient (Wildman–Crippen LogP) is 4.40. The number of alkyl halides is 2. The summed E-state index contributed by atoms with van der Waals surface area (Å²) < 4.78 is 41.8. The van der Waals surface area contributed by atoms with Gasteiger partial charge in [-0.3, -0.25) is 9.48 Å². The van der Waals surface area contributed by atoms with Crippen LogP contribution >= 0.6 is 0 Å². The summed E-state index contributed by atoms with van der Waals surface area (Å²) in [6.45, 7) is 0. The molecule has 0 spiro atoms. The van der Waals surface area contributed by atoms with E-state index in [0.29, 0.717) is 16.8 Å². The van der Waals surface area contributed by atoms with Gasteiger partial charge in [0.1, 0.15) is 18.6 Å². The van der Waals surface area contributed by atoms with Crippen molar-refractivity contribution in [3.63, 3.8) is 0 Å². The van der Waals surface area contributed by atoms with Crippen LogP contribution in [0.1, 0.15) is 28.0 Å². The van der Waals surface area contributed by atoms with E-state index in [4.69, 9.17) is 0 Å². The Hall–Kier alpha value is -3.62. The van der Waals surface area contributed by atoms with Gasteiger partial charge < -0.3 is 10.2 Å². The van der Waals surface area contributed by atoms with Crippen molar-refractivity contribution >= 4 is 17.8 Å². The summed E-state index contributed by atoms with van der Waals surface area (Å²) in [5, 5.41) is 9.77. The molecule has 0 fully saturated rings. The fourth-order valence-electron chi connectivity index (χ4n) is 2.78. The van der Waals surface area contributed by atoms with Gasteiger partial charge in [-0.1, -0.05) is 29.4 Å². The molecule has 0 radical (unpaired) electrons. The molecule has 0 aliphatic carbocycles. The number of nitrogens with zero attached hydrogens (tertiary/aromatic N) is 3. The van der Waals surface area contributed by atoms with E-state index in [2.05, 4.69) is 20.4 Å². The number of aromatic nitrogens is 2. The van der Waals surface area contributed by atoms with Crippen LogP contribution in [0.25, 0.3) is 11.1 Å². The quantitative estimate of drug-likeness (QED) is 0.491. The highest BCUT2D eigenvalue weighted by molar-refractivity contribution is 6.07. The van der Waals surface area contributed by atoms with Gasteiger partial charge in [0.2, 0.25) is 0 Å². The van der Waals surface area contributed by atoms with Crippen molar-refractivity contribution in [3.05, 3.63) is 71.3 Å². The van der Waals surface area contributed by atoms with Gasteiger partial charge in [-0.25, -0.2) is 13.2 Å². The first-order valence-corrected chi connectivity index (χ1v) is 8.49. The van der Waals surface area contributed by atoms with Crippen LogP contribution < -0.4 is 5.32 Å². The minimum Gasteiger partial charge on any atom is -0.399 e. The van der Waals surface area contributed by atoms with E-state index in [9.17, 15) is 18.0 Å². The van der Waals surface area contributed by atoms with Crippen LogP contribution in [-0.4, -0.2) is 29.0 Å². The van der Waals surface area contributed by atoms with Crippen molar-refractivity contribution in [2.45, 2.75) is 6.43 Å². The van der Waals surface area contributed by atoms with Crippen molar-refractivity contribution in [2.24, 2.45) is 12.2 Å². The zero-order chi connectivity index (χ0) is 21.0. The molecule has 0 saturated carbocycles. The van der Waals surface area contributed by atoms with Gasteiger partial charge in [0.05, 0.1) is 11.8 Å². The second-order valence-electron chi connectivity index (χ2n) is 6.06. The van der Waals surface area contributed by atoms with Crippen molar-refractivity contribution in [3.8, 4) is 11.1 Å². The number of anilines is 1. The van der Waals surface area contributed by atoms with Gasteiger partial charge in [0, 0.05) is 30.1 Å². The normalized spacial score (nSPS) is 11.2. The van der Waals surface area contributed by atoms with Gasteiger partial charge >= 0.3 is 0 Å². The highest BCUT2D eigenvalue weighted by Gasteiger charge is 2.23. The number of hydrogen-bond acceptors (Lipinski definition) is 4. The standard InChI is InChI=1S/C20H17F3N4O2/c1-27-11-15(18(26-27)19(22)23)20(28)25-17-6-4-3-5-14(17)12-7-8-13(10-24-29-2)16(21)9-12/h3-11,19H,1-2H3,(H,25,28). The van der Waals surface area contributed by atoms with Crippen molar-refractivity contribution in [2.75, 3.05) is 12.4 Å².